The molecule has 0 aromatic heterocycles. The maximum Gasteiger partial charge on any atom is 0.338 e. The van der Waals surface area contributed by atoms with E-state index in [2.05, 4.69) is 0 Å². The van der Waals surface area contributed by atoms with Gasteiger partial charge >= 0.3 is 11.9 Å². The lowest BCUT2D eigenvalue weighted by atomic mass is 10.2. The zero-order chi connectivity index (χ0) is 19.6. The Morgan fingerprint density at radius 1 is 1.00 bits per heavy atom. The number of ether oxygens (including phenoxy) is 4. The Morgan fingerprint density at radius 3 is 2.37 bits per heavy atom. The fourth-order valence-corrected chi connectivity index (χ4v) is 2.48. The summed E-state index contributed by atoms with van der Waals surface area (Å²) in [6.07, 6.45) is 2.78. The highest BCUT2D eigenvalue weighted by Crippen LogP contribution is 2.36. The Morgan fingerprint density at radius 2 is 1.70 bits per heavy atom. The first-order valence-electron chi connectivity index (χ1n) is 8.03. The molecular formula is C20H19ClO6. The van der Waals surface area contributed by atoms with Gasteiger partial charge in [-0.25, -0.2) is 9.59 Å². The molecule has 0 radical (unpaired) electrons. The first-order valence-corrected chi connectivity index (χ1v) is 8.41. The van der Waals surface area contributed by atoms with E-state index < -0.39 is 11.9 Å². The number of methoxy groups -OCH3 is 2. The molecule has 6 nitrogen and oxygen atoms in total. The molecule has 2 aromatic carbocycles. The second kappa shape index (κ2) is 10.2. The van der Waals surface area contributed by atoms with Crippen LogP contribution in [0.25, 0.3) is 6.08 Å². The molecule has 0 fully saturated rings. The van der Waals surface area contributed by atoms with E-state index in [0.717, 1.165) is 0 Å². The zero-order valence-electron chi connectivity index (χ0n) is 14.9. The van der Waals surface area contributed by atoms with Crippen molar-refractivity contribution < 1.29 is 28.5 Å². The SMILES string of the molecule is COc1cc(/C=C/C(=O)OCCOC(=O)c2ccccc2)cc(Cl)c1OC. The highest BCUT2D eigenvalue weighted by Gasteiger charge is 2.10. The maximum absolute atomic E-state index is 11.8. The van der Waals surface area contributed by atoms with Gasteiger partial charge in [-0.15, -0.1) is 0 Å². The molecule has 0 saturated carbocycles. The molecule has 142 valence electrons. The van der Waals surface area contributed by atoms with Crippen molar-refractivity contribution in [2.24, 2.45) is 0 Å². The van der Waals surface area contributed by atoms with Crippen molar-refractivity contribution in [1.82, 2.24) is 0 Å². The zero-order valence-corrected chi connectivity index (χ0v) is 15.7. The minimum Gasteiger partial charge on any atom is -0.493 e. The Labute approximate surface area is 162 Å². The third-order valence-corrected chi connectivity index (χ3v) is 3.72. The van der Waals surface area contributed by atoms with Gasteiger partial charge in [-0.1, -0.05) is 29.8 Å². The molecule has 0 N–H and O–H groups in total. The fraction of sp³-hybridized carbons (Fsp3) is 0.200. The molecule has 0 amide bonds. The molecule has 0 atom stereocenters. The molecule has 0 bridgehead atoms. The lowest BCUT2D eigenvalue weighted by molar-refractivity contribution is -0.138. The van der Waals surface area contributed by atoms with Gasteiger partial charge in [-0.2, -0.15) is 0 Å². The van der Waals surface area contributed by atoms with Gasteiger partial charge in [0, 0.05) is 6.08 Å². The van der Waals surface area contributed by atoms with Crippen LogP contribution in [0, 0.1) is 0 Å². The van der Waals surface area contributed by atoms with Crippen LogP contribution in [-0.2, 0) is 14.3 Å². The fourth-order valence-electron chi connectivity index (χ4n) is 2.18. The molecule has 0 saturated heterocycles. The van der Waals surface area contributed by atoms with Crippen molar-refractivity contribution in [1.29, 1.82) is 0 Å². The van der Waals surface area contributed by atoms with Crippen LogP contribution >= 0.6 is 11.6 Å². The van der Waals surface area contributed by atoms with E-state index in [9.17, 15) is 9.59 Å². The Balaban J connectivity index is 1.82. The molecule has 27 heavy (non-hydrogen) atoms. The van der Waals surface area contributed by atoms with Gasteiger partial charge in [0.1, 0.15) is 13.2 Å². The van der Waals surface area contributed by atoms with E-state index in [4.69, 9.17) is 30.5 Å². The quantitative estimate of drug-likeness (QED) is 0.388. The molecule has 2 rings (SSSR count). The summed E-state index contributed by atoms with van der Waals surface area (Å²) >= 11 is 6.11. The smallest absolute Gasteiger partial charge is 0.338 e. The van der Waals surface area contributed by atoms with Crippen LogP contribution in [-0.4, -0.2) is 39.4 Å². The summed E-state index contributed by atoms with van der Waals surface area (Å²) in [6.45, 7) is -0.0794. The second-order valence-electron chi connectivity index (χ2n) is 5.24. The van der Waals surface area contributed by atoms with E-state index in [-0.39, 0.29) is 13.2 Å². The van der Waals surface area contributed by atoms with Crippen LogP contribution in [0.3, 0.4) is 0 Å². The highest BCUT2D eigenvalue weighted by atomic mass is 35.5. The highest BCUT2D eigenvalue weighted by molar-refractivity contribution is 6.32. The minimum atomic E-state index is -0.573. The molecule has 0 heterocycles. The van der Waals surface area contributed by atoms with Gasteiger partial charge in [0.25, 0.3) is 0 Å². The molecule has 0 spiro atoms. The Kier molecular flexibility index (Phi) is 7.70. The maximum atomic E-state index is 11.8. The van der Waals surface area contributed by atoms with Crippen molar-refractivity contribution in [2.75, 3.05) is 27.4 Å². The summed E-state index contributed by atoms with van der Waals surface area (Å²) in [4.78, 5) is 23.5. The largest absolute Gasteiger partial charge is 0.493 e. The van der Waals surface area contributed by atoms with Gasteiger partial charge in [0.2, 0.25) is 0 Å². The van der Waals surface area contributed by atoms with Gasteiger partial charge in [-0.05, 0) is 35.9 Å². The van der Waals surface area contributed by atoms with Gasteiger partial charge < -0.3 is 18.9 Å². The third-order valence-electron chi connectivity index (χ3n) is 3.44. The molecule has 0 aliphatic rings. The van der Waals surface area contributed by atoms with Gasteiger partial charge in [-0.3, -0.25) is 0 Å². The normalized spacial score (nSPS) is 10.5. The number of esters is 2. The second-order valence-corrected chi connectivity index (χ2v) is 5.65. The topological polar surface area (TPSA) is 71.1 Å². The van der Waals surface area contributed by atoms with Gasteiger partial charge in [0.15, 0.2) is 11.5 Å². The van der Waals surface area contributed by atoms with Crippen molar-refractivity contribution in [3.63, 3.8) is 0 Å². The third kappa shape index (κ3) is 6.04. The van der Waals surface area contributed by atoms with Crippen molar-refractivity contribution >= 4 is 29.6 Å². The number of rotatable bonds is 8. The van der Waals surface area contributed by atoms with E-state index in [1.807, 2.05) is 0 Å². The summed E-state index contributed by atoms with van der Waals surface area (Å²) in [5, 5.41) is 0.359. The first-order chi connectivity index (χ1) is 13.0. The summed E-state index contributed by atoms with van der Waals surface area (Å²) in [6, 6.07) is 11.9. The summed E-state index contributed by atoms with van der Waals surface area (Å²) in [5.74, 6) is -0.177. The summed E-state index contributed by atoms with van der Waals surface area (Å²) in [5.41, 5.74) is 1.08. The minimum absolute atomic E-state index is 0.0322. The van der Waals surface area contributed by atoms with Crippen molar-refractivity contribution in [2.45, 2.75) is 0 Å². The van der Waals surface area contributed by atoms with Crippen LogP contribution in [0.1, 0.15) is 15.9 Å². The lowest BCUT2D eigenvalue weighted by Gasteiger charge is -2.10. The summed E-state index contributed by atoms with van der Waals surface area (Å²) in [7, 11) is 2.98. The molecule has 0 aliphatic heterocycles. The molecular weight excluding hydrogens is 372 g/mol. The van der Waals surface area contributed by atoms with Crippen molar-refractivity contribution in [3.05, 3.63) is 64.7 Å². The first kappa shape index (κ1) is 20.3. The van der Waals surface area contributed by atoms with Crippen LogP contribution < -0.4 is 9.47 Å². The molecule has 7 heteroatoms. The molecule has 2 aromatic rings. The average Bonchev–Trinajstić information content (AvgIpc) is 2.69. The Hall–Kier alpha value is -2.99. The monoisotopic (exact) mass is 390 g/mol. The van der Waals surface area contributed by atoms with Gasteiger partial charge in [0.05, 0.1) is 24.8 Å². The average molecular weight is 391 g/mol. The number of carbonyl (C=O) groups is 2. The van der Waals surface area contributed by atoms with E-state index in [1.165, 1.54) is 26.4 Å². The standard InChI is InChI=1S/C20H19ClO6/c1-24-17-13-14(12-16(21)19(17)25-2)8-9-18(22)26-10-11-27-20(23)15-6-4-3-5-7-15/h3-9,12-13H,10-11H2,1-2H3/b9-8+. The Bertz CT molecular complexity index is 817. The summed E-state index contributed by atoms with van der Waals surface area (Å²) < 4.78 is 20.4. The number of benzene rings is 2. The predicted octanol–water partition coefficient (Wildman–Crippen LogP) is 3.77. The van der Waals surface area contributed by atoms with E-state index in [0.29, 0.717) is 27.6 Å². The number of hydrogen-bond acceptors (Lipinski definition) is 6. The number of hydrogen-bond donors (Lipinski definition) is 0. The van der Waals surface area contributed by atoms with Crippen LogP contribution in [0.15, 0.2) is 48.5 Å². The number of carbonyl (C=O) groups excluding carboxylic acids is 2. The van der Waals surface area contributed by atoms with E-state index in [1.54, 1.807) is 42.5 Å². The predicted molar refractivity (Wildman–Crippen MR) is 101 cm³/mol. The van der Waals surface area contributed by atoms with E-state index >= 15 is 0 Å². The van der Waals surface area contributed by atoms with Crippen LogP contribution in [0.2, 0.25) is 5.02 Å². The van der Waals surface area contributed by atoms with Crippen LogP contribution in [0.5, 0.6) is 11.5 Å². The lowest BCUT2D eigenvalue weighted by Crippen LogP contribution is -2.12. The van der Waals surface area contributed by atoms with Crippen molar-refractivity contribution in [3.8, 4) is 11.5 Å². The molecule has 0 aliphatic carbocycles. The number of halogens is 1. The van der Waals surface area contributed by atoms with Crippen LogP contribution in [0.4, 0.5) is 0 Å². The molecule has 0 unspecified atom stereocenters.